The van der Waals surface area contributed by atoms with Crippen LogP contribution in [-0.2, 0) is 20.2 Å². The van der Waals surface area contributed by atoms with Crippen LogP contribution in [0.15, 0.2) is 0 Å². The molecule has 0 heterocycles. The molecule has 1 atom stereocenters. The number of hydrogen-bond acceptors (Lipinski definition) is 9. The number of hydrogen-bond donors (Lipinski definition) is 3. The summed E-state index contributed by atoms with van der Waals surface area (Å²) in [4.78, 5) is 27.5. The minimum absolute atomic E-state index is 0.139. The molecular weight excluding hydrogens is 432 g/mol. The number of quaternary nitrogens is 2. The van der Waals surface area contributed by atoms with Crippen molar-refractivity contribution in [2.24, 2.45) is 0 Å². The van der Waals surface area contributed by atoms with Gasteiger partial charge >= 0.3 is 8.80 Å². The van der Waals surface area contributed by atoms with Crippen molar-refractivity contribution in [2.75, 3.05) is 65.4 Å². The molecule has 0 aromatic heterocycles. The van der Waals surface area contributed by atoms with Gasteiger partial charge < -0.3 is 32.5 Å². The Morgan fingerprint density at radius 3 is 1.57 bits per heavy atom. The maximum atomic E-state index is 10.8. The highest BCUT2D eigenvalue weighted by atomic mass is 32.2. The Hall–Kier alpha value is -0.163. The molecule has 0 aromatic carbocycles. The Balaban J connectivity index is 4.83. The molecule has 0 aliphatic heterocycles. The average Bonchev–Trinajstić information content (AvgIpc) is 2.41. The summed E-state index contributed by atoms with van der Waals surface area (Å²) in [6, 6.07) is -0.139. The monoisotopic (exact) mass is 466 g/mol. The summed E-state index contributed by atoms with van der Waals surface area (Å²) < 4.78 is 65.5. The summed E-state index contributed by atoms with van der Waals surface area (Å²) in [5.74, 6) is -0.919. The Morgan fingerprint density at radius 2 is 1.14 bits per heavy atom. The zero-order valence-electron chi connectivity index (χ0n) is 16.8. The van der Waals surface area contributed by atoms with E-state index >= 15 is 0 Å². The molecule has 0 rings (SSSR count). The predicted molar refractivity (Wildman–Crippen MR) is 103 cm³/mol. The van der Waals surface area contributed by atoms with Crippen LogP contribution in [-0.4, -0.2) is 123 Å². The van der Waals surface area contributed by atoms with Crippen molar-refractivity contribution in [3.8, 4) is 0 Å². The van der Waals surface area contributed by atoms with Crippen molar-refractivity contribution in [1.29, 1.82) is 0 Å². The molecule has 0 saturated carbocycles. The first-order valence-electron chi connectivity index (χ1n) is 9.02. The third-order valence-electron chi connectivity index (χ3n) is 4.71. The van der Waals surface area contributed by atoms with Crippen molar-refractivity contribution >= 4 is 29.0 Å². The predicted octanol–water partition coefficient (Wildman–Crippen LogP) is -2.31. The molecule has 0 fully saturated rings. The molecular formula is C14H34N2O9S2Si. The molecule has 14 heteroatoms. The molecule has 0 aliphatic rings. The first-order chi connectivity index (χ1) is 12.3. The van der Waals surface area contributed by atoms with E-state index in [4.69, 9.17) is 14.4 Å². The van der Waals surface area contributed by atoms with Gasteiger partial charge in [0.15, 0.2) is 0 Å². The minimum atomic E-state index is -4.32. The zero-order valence-corrected chi connectivity index (χ0v) is 19.4. The van der Waals surface area contributed by atoms with Crippen molar-refractivity contribution in [2.45, 2.75) is 25.3 Å². The fourth-order valence-corrected chi connectivity index (χ4v) is 4.55. The van der Waals surface area contributed by atoms with Crippen LogP contribution in [0.3, 0.4) is 0 Å². The average molecular weight is 467 g/mol. The lowest BCUT2D eigenvalue weighted by Gasteiger charge is -2.39. The van der Waals surface area contributed by atoms with Gasteiger partial charge in [0.2, 0.25) is 0 Å². The molecule has 170 valence electrons. The number of likely N-dealkylation sites (N-methyl/N-ethyl adjacent to an activating group) is 2. The topological polar surface area (TPSA) is 175 Å². The van der Waals surface area contributed by atoms with Crippen molar-refractivity contribution in [1.82, 2.24) is 0 Å². The SMILES string of the molecule is C[N+](C)(CCCS(=O)(=O)[O-])CC[N+](C)(CCC[Si](O)(O)O)CCCS(=O)(=O)[O-]. The van der Waals surface area contributed by atoms with Gasteiger partial charge in [0.05, 0.1) is 61.0 Å². The van der Waals surface area contributed by atoms with E-state index in [0.29, 0.717) is 48.1 Å². The van der Waals surface area contributed by atoms with Gasteiger partial charge in [-0.3, -0.25) is 0 Å². The van der Waals surface area contributed by atoms with Crippen LogP contribution >= 0.6 is 0 Å². The molecule has 0 radical (unpaired) electrons. The van der Waals surface area contributed by atoms with E-state index < -0.39 is 40.5 Å². The normalized spacial score (nSPS) is 16.1. The molecule has 0 bridgehead atoms. The van der Waals surface area contributed by atoms with Crippen molar-refractivity contribution in [3.05, 3.63) is 0 Å². The van der Waals surface area contributed by atoms with Gasteiger partial charge in [0, 0.05) is 36.8 Å². The summed E-state index contributed by atoms with van der Waals surface area (Å²) in [5, 5.41) is 0. The zero-order chi connectivity index (χ0) is 22.3. The highest BCUT2D eigenvalue weighted by molar-refractivity contribution is 7.85. The second kappa shape index (κ2) is 10.7. The van der Waals surface area contributed by atoms with Gasteiger partial charge in [0.1, 0.15) is 13.1 Å². The van der Waals surface area contributed by atoms with E-state index in [-0.39, 0.29) is 18.9 Å². The fourth-order valence-electron chi connectivity index (χ4n) is 2.95. The van der Waals surface area contributed by atoms with E-state index in [9.17, 15) is 25.9 Å². The lowest BCUT2D eigenvalue weighted by molar-refractivity contribution is -0.955. The van der Waals surface area contributed by atoms with Gasteiger partial charge in [-0.15, -0.1) is 0 Å². The highest BCUT2D eigenvalue weighted by Gasteiger charge is 2.30. The summed E-state index contributed by atoms with van der Waals surface area (Å²) in [6.07, 6.45) is 0.701. The Bertz CT molecular complexity index is 677. The van der Waals surface area contributed by atoms with Crippen LogP contribution < -0.4 is 0 Å². The van der Waals surface area contributed by atoms with Gasteiger partial charge in [-0.2, -0.15) is 0 Å². The molecule has 0 aliphatic carbocycles. The lowest BCUT2D eigenvalue weighted by Crippen LogP contribution is -2.54. The molecule has 28 heavy (non-hydrogen) atoms. The summed E-state index contributed by atoms with van der Waals surface area (Å²) in [6.45, 7) is 2.46. The largest absolute Gasteiger partial charge is 0.748 e. The maximum Gasteiger partial charge on any atom is 0.492 e. The van der Waals surface area contributed by atoms with Crippen LogP contribution in [0.25, 0.3) is 0 Å². The van der Waals surface area contributed by atoms with E-state index in [2.05, 4.69) is 0 Å². The number of rotatable bonds is 15. The van der Waals surface area contributed by atoms with Gasteiger partial charge in [-0.05, 0) is 0 Å². The summed E-state index contributed by atoms with van der Waals surface area (Å²) in [7, 11) is -7.11. The summed E-state index contributed by atoms with van der Waals surface area (Å²) in [5.41, 5.74) is 0. The first kappa shape index (κ1) is 27.8. The Kier molecular flexibility index (Phi) is 10.7. The van der Waals surface area contributed by atoms with E-state index in [1.807, 2.05) is 21.1 Å². The highest BCUT2D eigenvalue weighted by Crippen LogP contribution is 2.13. The Morgan fingerprint density at radius 1 is 0.714 bits per heavy atom. The van der Waals surface area contributed by atoms with Crippen LogP contribution in [0.4, 0.5) is 0 Å². The van der Waals surface area contributed by atoms with Crippen LogP contribution in [0.5, 0.6) is 0 Å². The molecule has 0 amide bonds. The second-order valence-corrected chi connectivity index (χ2v) is 13.4. The molecule has 3 N–H and O–H groups in total. The van der Waals surface area contributed by atoms with Crippen molar-refractivity contribution < 1.29 is 49.3 Å². The molecule has 0 aromatic rings. The second-order valence-electron chi connectivity index (χ2n) is 8.28. The smallest absolute Gasteiger partial charge is 0.492 e. The quantitative estimate of drug-likeness (QED) is 0.136. The lowest BCUT2D eigenvalue weighted by atomic mass is 10.2. The molecule has 1 unspecified atom stereocenters. The van der Waals surface area contributed by atoms with Crippen LogP contribution in [0.2, 0.25) is 6.04 Å². The summed E-state index contributed by atoms with van der Waals surface area (Å²) >= 11 is 0. The van der Waals surface area contributed by atoms with Crippen molar-refractivity contribution in [3.63, 3.8) is 0 Å². The molecule has 11 nitrogen and oxygen atoms in total. The van der Waals surface area contributed by atoms with Crippen LogP contribution in [0, 0.1) is 0 Å². The standard InChI is InChI=1S/C14H34N2O9S2Si/c1-15(2,7-4-12-26(17,18)19)10-11-16(3,8-5-13-27(20,21)22)9-6-14-28(23,24)25/h23-25H,4-14H2,1-3H3. The third-order valence-corrected chi connectivity index (χ3v) is 7.31. The van der Waals surface area contributed by atoms with E-state index in [1.165, 1.54) is 0 Å². The van der Waals surface area contributed by atoms with E-state index in [1.54, 1.807) is 0 Å². The molecule has 0 saturated heterocycles. The van der Waals surface area contributed by atoms with Gasteiger partial charge in [-0.1, -0.05) is 0 Å². The first-order valence-corrected chi connectivity index (χ1v) is 14.2. The van der Waals surface area contributed by atoms with Gasteiger partial charge in [-0.25, -0.2) is 16.8 Å². The fraction of sp³-hybridized carbons (Fsp3) is 1.00. The van der Waals surface area contributed by atoms with Crippen LogP contribution in [0.1, 0.15) is 19.3 Å². The minimum Gasteiger partial charge on any atom is -0.748 e. The molecule has 0 spiro atoms. The number of nitrogens with zero attached hydrogens (tertiary/aromatic N) is 2. The maximum absolute atomic E-state index is 10.8. The van der Waals surface area contributed by atoms with E-state index in [0.717, 1.165) is 0 Å². The van der Waals surface area contributed by atoms with Gasteiger partial charge in [0.25, 0.3) is 0 Å². The Labute approximate surface area is 169 Å². The third kappa shape index (κ3) is 16.8.